The molecule has 0 aliphatic carbocycles. The average molecular weight is 247 g/mol. The summed E-state index contributed by atoms with van der Waals surface area (Å²) in [5.41, 5.74) is -1.42. The number of amides is 1. The molecule has 0 aromatic heterocycles. The van der Waals surface area contributed by atoms with E-state index in [1.807, 2.05) is 0 Å². The van der Waals surface area contributed by atoms with Crippen LogP contribution in [0.25, 0.3) is 0 Å². The highest BCUT2D eigenvalue weighted by molar-refractivity contribution is 5.69. The van der Waals surface area contributed by atoms with Crippen LogP contribution in [0.2, 0.25) is 0 Å². The maximum Gasteiger partial charge on any atom is 0.412 e. The maximum atomic E-state index is 13.5. The van der Waals surface area contributed by atoms with Crippen LogP contribution in [0.3, 0.4) is 0 Å². The molecule has 1 heterocycles. The zero-order valence-corrected chi connectivity index (χ0v) is 11.4. The molecular weight excluding hydrogens is 225 g/mol. The van der Waals surface area contributed by atoms with Crippen molar-refractivity contribution in [3.63, 3.8) is 0 Å². The summed E-state index contributed by atoms with van der Waals surface area (Å²) in [5, 5.41) is 0. The Kier molecular flexibility index (Phi) is 3.72. The summed E-state index contributed by atoms with van der Waals surface area (Å²) in [7, 11) is 0. The topological polar surface area (TPSA) is 38.8 Å². The molecule has 1 aliphatic heterocycles. The summed E-state index contributed by atoms with van der Waals surface area (Å²) < 4.78 is 24.2. The standard InChI is InChI=1S/C12H22FNO3/c1-8(13)9-7-16-12(5,6)14(9)10(15)17-11(2,3)4/h8-9H,7H2,1-6H3/t8?,9-/m0/s1. The summed E-state index contributed by atoms with van der Waals surface area (Å²) >= 11 is 0. The highest BCUT2D eigenvalue weighted by Gasteiger charge is 2.47. The number of alkyl halides is 1. The Morgan fingerprint density at radius 2 is 2.06 bits per heavy atom. The molecule has 5 heteroatoms. The van der Waals surface area contributed by atoms with Crippen LogP contribution >= 0.6 is 0 Å². The van der Waals surface area contributed by atoms with Gasteiger partial charge in [-0.2, -0.15) is 0 Å². The fourth-order valence-electron chi connectivity index (χ4n) is 1.84. The molecule has 0 spiro atoms. The molecule has 2 atom stereocenters. The lowest BCUT2D eigenvalue weighted by atomic mass is 10.1. The number of carbonyl (C=O) groups excluding carboxylic acids is 1. The number of hydrogen-bond acceptors (Lipinski definition) is 3. The van der Waals surface area contributed by atoms with Crippen molar-refractivity contribution in [1.29, 1.82) is 0 Å². The molecule has 0 bridgehead atoms. The van der Waals surface area contributed by atoms with Gasteiger partial charge in [-0.15, -0.1) is 0 Å². The van der Waals surface area contributed by atoms with Crippen LogP contribution in [-0.2, 0) is 9.47 Å². The van der Waals surface area contributed by atoms with E-state index < -0.39 is 29.6 Å². The van der Waals surface area contributed by atoms with Crippen molar-refractivity contribution < 1.29 is 18.7 Å². The molecule has 0 aromatic rings. The molecule has 1 fully saturated rings. The summed E-state index contributed by atoms with van der Waals surface area (Å²) in [6.45, 7) is 10.4. The summed E-state index contributed by atoms with van der Waals surface area (Å²) in [5.74, 6) is 0. The predicted molar refractivity (Wildman–Crippen MR) is 62.5 cm³/mol. The predicted octanol–water partition coefficient (Wildman–Crippen LogP) is 2.72. The quantitative estimate of drug-likeness (QED) is 0.715. The molecule has 1 saturated heterocycles. The third-order valence-electron chi connectivity index (χ3n) is 2.64. The minimum absolute atomic E-state index is 0.198. The second-order valence-corrected chi connectivity index (χ2v) is 5.85. The van der Waals surface area contributed by atoms with Crippen LogP contribution in [0.1, 0.15) is 41.5 Å². The van der Waals surface area contributed by atoms with Crippen LogP contribution in [0.15, 0.2) is 0 Å². The lowest BCUT2D eigenvalue weighted by Crippen LogP contribution is -2.52. The second kappa shape index (κ2) is 4.44. The van der Waals surface area contributed by atoms with Gasteiger partial charge in [0.25, 0.3) is 0 Å². The van der Waals surface area contributed by atoms with E-state index in [-0.39, 0.29) is 6.61 Å². The third kappa shape index (κ3) is 3.31. The van der Waals surface area contributed by atoms with Gasteiger partial charge in [0.1, 0.15) is 17.5 Å². The normalized spacial score (nSPS) is 25.8. The molecule has 0 saturated carbocycles. The number of nitrogens with zero attached hydrogens (tertiary/aromatic N) is 1. The smallest absolute Gasteiger partial charge is 0.412 e. The molecule has 1 rings (SSSR count). The average Bonchev–Trinajstić information content (AvgIpc) is 2.37. The molecule has 1 amide bonds. The molecular formula is C12H22FNO3. The maximum absolute atomic E-state index is 13.5. The van der Waals surface area contributed by atoms with E-state index in [1.54, 1.807) is 34.6 Å². The zero-order valence-electron chi connectivity index (χ0n) is 11.4. The van der Waals surface area contributed by atoms with E-state index in [0.29, 0.717) is 0 Å². The number of halogens is 1. The van der Waals surface area contributed by atoms with Gasteiger partial charge in [-0.3, -0.25) is 4.90 Å². The van der Waals surface area contributed by atoms with E-state index in [0.717, 1.165) is 0 Å². The van der Waals surface area contributed by atoms with Crippen molar-refractivity contribution in [3.8, 4) is 0 Å². The van der Waals surface area contributed by atoms with Crippen molar-refractivity contribution in [2.45, 2.75) is 65.1 Å². The molecule has 0 aromatic carbocycles. The Bertz CT molecular complexity index is 297. The van der Waals surface area contributed by atoms with Gasteiger partial charge in [-0.05, 0) is 41.5 Å². The van der Waals surface area contributed by atoms with Gasteiger partial charge >= 0.3 is 6.09 Å². The molecule has 1 aliphatic rings. The van der Waals surface area contributed by atoms with E-state index in [4.69, 9.17) is 9.47 Å². The van der Waals surface area contributed by atoms with Gasteiger partial charge in [-0.1, -0.05) is 0 Å². The van der Waals surface area contributed by atoms with E-state index in [2.05, 4.69) is 0 Å². The van der Waals surface area contributed by atoms with Gasteiger partial charge in [0.05, 0.1) is 12.6 Å². The first-order chi connectivity index (χ1) is 7.54. The van der Waals surface area contributed by atoms with Crippen LogP contribution in [0, 0.1) is 0 Å². The monoisotopic (exact) mass is 247 g/mol. The first-order valence-corrected chi connectivity index (χ1v) is 5.85. The van der Waals surface area contributed by atoms with Crippen molar-refractivity contribution in [1.82, 2.24) is 4.90 Å². The Balaban J connectivity index is 2.87. The van der Waals surface area contributed by atoms with Crippen LogP contribution < -0.4 is 0 Å². The summed E-state index contributed by atoms with van der Waals surface area (Å²) in [6, 6.07) is -0.583. The largest absolute Gasteiger partial charge is 0.444 e. The van der Waals surface area contributed by atoms with Crippen LogP contribution in [-0.4, -0.2) is 41.1 Å². The minimum atomic E-state index is -1.15. The fraction of sp³-hybridized carbons (Fsp3) is 0.917. The number of rotatable bonds is 1. The second-order valence-electron chi connectivity index (χ2n) is 5.85. The first-order valence-electron chi connectivity index (χ1n) is 5.85. The molecule has 0 radical (unpaired) electrons. The van der Waals surface area contributed by atoms with E-state index in [9.17, 15) is 9.18 Å². The number of hydrogen-bond donors (Lipinski definition) is 0. The molecule has 17 heavy (non-hydrogen) atoms. The van der Waals surface area contributed by atoms with Gasteiger partial charge < -0.3 is 9.47 Å². The van der Waals surface area contributed by atoms with Crippen molar-refractivity contribution >= 4 is 6.09 Å². The van der Waals surface area contributed by atoms with Crippen molar-refractivity contribution in [2.24, 2.45) is 0 Å². The lowest BCUT2D eigenvalue weighted by Gasteiger charge is -2.35. The van der Waals surface area contributed by atoms with Crippen molar-refractivity contribution in [2.75, 3.05) is 6.61 Å². The number of ether oxygens (including phenoxy) is 2. The van der Waals surface area contributed by atoms with Gasteiger partial charge in [0.2, 0.25) is 0 Å². The lowest BCUT2D eigenvalue weighted by molar-refractivity contribution is -0.0648. The zero-order chi connectivity index (χ0) is 13.4. The van der Waals surface area contributed by atoms with Crippen molar-refractivity contribution in [3.05, 3.63) is 0 Å². The van der Waals surface area contributed by atoms with Crippen LogP contribution in [0.4, 0.5) is 9.18 Å². The molecule has 1 unspecified atom stereocenters. The van der Waals surface area contributed by atoms with Gasteiger partial charge in [0.15, 0.2) is 0 Å². The third-order valence-corrected chi connectivity index (χ3v) is 2.64. The Morgan fingerprint density at radius 3 is 2.47 bits per heavy atom. The SMILES string of the molecule is CC(F)[C@@H]1COC(C)(C)N1C(=O)OC(C)(C)C. The van der Waals surface area contributed by atoms with Crippen LogP contribution in [0.5, 0.6) is 0 Å². The summed E-state index contributed by atoms with van der Waals surface area (Å²) in [6.07, 6.45) is -1.68. The molecule has 4 nitrogen and oxygen atoms in total. The number of carbonyl (C=O) groups is 1. The first kappa shape index (κ1) is 14.2. The highest BCUT2D eigenvalue weighted by Crippen LogP contribution is 2.31. The van der Waals surface area contributed by atoms with E-state index in [1.165, 1.54) is 11.8 Å². The van der Waals surface area contributed by atoms with Gasteiger partial charge in [0, 0.05) is 0 Å². The minimum Gasteiger partial charge on any atom is -0.444 e. The summed E-state index contributed by atoms with van der Waals surface area (Å²) in [4.78, 5) is 13.4. The van der Waals surface area contributed by atoms with Gasteiger partial charge in [-0.25, -0.2) is 9.18 Å². The fourth-order valence-corrected chi connectivity index (χ4v) is 1.84. The highest BCUT2D eigenvalue weighted by atomic mass is 19.1. The molecule has 0 N–H and O–H groups in total. The Morgan fingerprint density at radius 1 is 1.53 bits per heavy atom. The Hall–Kier alpha value is -0.840. The molecule has 100 valence electrons. The Labute approximate surface area is 102 Å². The van der Waals surface area contributed by atoms with E-state index >= 15 is 0 Å².